The van der Waals surface area contributed by atoms with Gasteiger partial charge in [0.1, 0.15) is 29.5 Å². The molecule has 3 aromatic rings. The first-order valence-corrected chi connectivity index (χ1v) is 11.3. The predicted octanol–water partition coefficient (Wildman–Crippen LogP) is 5.27. The van der Waals surface area contributed by atoms with E-state index in [0.29, 0.717) is 0 Å². The van der Waals surface area contributed by atoms with Crippen LogP contribution in [0.2, 0.25) is 5.02 Å². The molecule has 33 heavy (non-hydrogen) atoms. The summed E-state index contributed by atoms with van der Waals surface area (Å²) in [7, 11) is 0. The lowest BCUT2D eigenvalue weighted by Crippen LogP contribution is -2.54. The minimum absolute atomic E-state index is 0.0247. The molecule has 1 aliphatic heterocycles. The number of rotatable bonds is 6. The fourth-order valence-electron chi connectivity index (χ4n) is 3.85. The molecule has 172 valence electrons. The summed E-state index contributed by atoms with van der Waals surface area (Å²) in [5.74, 6) is -1.51. The van der Waals surface area contributed by atoms with Gasteiger partial charge in [0.15, 0.2) is 0 Å². The zero-order chi connectivity index (χ0) is 23.8. The number of halogens is 3. The van der Waals surface area contributed by atoms with E-state index in [1.165, 1.54) is 13.0 Å². The van der Waals surface area contributed by atoms with Crippen LogP contribution in [-0.4, -0.2) is 22.7 Å². The molecule has 1 N–H and O–H groups in total. The second kappa shape index (κ2) is 8.93. The molecule has 1 aromatic heterocycles. The second-order valence-corrected chi connectivity index (χ2v) is 8.74. The van der Waals surface area contributed by atoms with Crippen LogP contribution in [-0.2, 0) is 27.3 Å². The van der Waals surface area contributed by atoms with E-state index >= 15 is 0 Å². The van der Waals surface area contributed by atoms with Gasteiger partial charge in [-0.2, -0.15) is 0 Å². The van der Waals surface area contributed by atoms with Crippen molar-refractivity contribution in [3.05, 3.63) is 86.7 Å². The molecule has 2 atom stereocenters. The van der Waals surface area contributed by atoms with Crippen molar-refractivity contribution in [2.75, 3.05) is 6.61 Å². The van der Waals surface area contributed by atoms with Gasteiger partial charge in [0.2, 0.25) is 5.88 Å². The Kier molecular flexibility index (Phi) is 6.35. The highest BCUT2D eigenvalue weighted by Gasteiger charge is 2.66. The molecule has 0 fully saturated rings. The lowest BCUT2D eigenvalue weighted by Gasteiger charge is -2.36. The standard InChI is InChI=1S/C24H20BrClFNO5/c1-3-31-22(29)24(23(2,30)19-16(33-24)12-15(27)21(26)20(19)25)17-10-7-11-18(28-17)32-13-14-8-5-4-6-9-14/h4-12,30H,3,13H2,1-2H3. The third-order valence-corrected chi connectivity index (χ3v) is 6.83. The fraction of sp³-hybridized carbons (Fsp3) is 0.250. The van der Waals surface area contributed by atoms with Crippen molar-refractivity contribution >= 4 is 33.5 Å². The summed E-state index contributed by atoms with van der Waals surface area (Å²) in [5, 5.41) is 11.4. The topological polar surface area (TPSA) is 77.9 Å². The molecule has 0 bridgehead atoms. The number of pyridine rings is 1. The highest BCUT2D eigenvalue weighted by atomic mass is 79.9. The smallest absolute Gasteiger partial charge is 0.360 e. The molecule has 0 amide bonds. The lowest BCUT2D eigenvalue weighted by molar-refractivity contribution is -0.186. The van der Waals surface area contributed by atoms with Gasteiger partial charge in [-0.05, 0) is 41.4 Å². The van der Waals surface area contributed by atoms with Gasteiger partial charge in [0.25, 0.3) is 5.60 Å². The van der Waals surface area contributed by atoms with Crippen LogP contribution < -0.4 is 9.47 Å². The Balaban J connectivity index is 1.81. The molecule has 4 rings (SSSR count). The van der Waals surface area contributed by atoms with Gasteiger partial charge in [-0.3, -0.25) is 0 Å². The number of aliphatic hydroxyl groups is 1. The highest BCUT2D eigenvalue weighted by molar-refractivity contribution is 9.10. The first kappa shape index (κ1) is 23.5. The maximum absolute atomic E-state index is 14.3. The molecule has 1 aliphatic rings. The average molecular weight is 537 g/mol. The monoisotopic (exact) mass is 535 g/mol. The molecule has 2 heterocycles. The Hall–Kier alpha value is -2.68. The quantitative estimate of drug-likeness (QED) is 0.341. The van der Waals surface area contributed by atoms with Crippen LogP contribution in [0.5, 0.6) is 11.6 Å². The molecule has 0 saturated carbocycles. The van der Waals surface area contributed by atoms with Crippen molar-refractivity contribution in [1.29, 1.82) is 0 Å². The Labute approximate surface area is 203 Å². The molecule has 6 nitrogen and oxygen atoms in total. The number of aromatic nitrogens is 1. The maximum atomic E-state index is 14.3. The normalized spacial score (nSPS) is 21.3. The van der Waals surface area contributed by atoms with Crippen LogP contribution in [0.3, 0.4) is 0 Å². The Morgan fingerprint density at radius 3 is 2.67 bits per heavy atom. The van der Waals surface area contributed by atoms with Crippen molar-refractivity contribution in [2.45, 2.75) is 31.7 Å². The zero-order valence-corrected chi connectivity index (χ0v) is 20.1. The number of esters is 1. The lowest BCUT2D eigenvalue weighted by atomic mass is 9.78. The van der Waals surface area contributed by atoms with E-state index in [-0.39, 0.29) is 45.6 Å². The van der Waals surface area contributed by atoms with Crippen LogP contribution in [0, 0.1) is 5.82 Å². The van der Waals surface area contributed by atoms with E-state index in [4.69, 9.17) is 25.8 Å². The summed E-state index contributed by atoms with van der Waals surface area (Å²) in [4.78, 5) is 17.7. The highest BCUT2D eigenvalue weighted by Crippen LogP contribution is 2.57. The fourth-order valence-corrected chi connectivity index (χ4v) is 4.77. The molecular weight excluding hydrogens is 517 g/mol. The zero-order valence-electron chi connectivity index (χ0n) is 17.8. The summed E-state index contributed by atoms with van der Waals surface area (Å²) < 4.78 is 31.5. The number of carbonyl (C=O) groups excluding carboxylic acids is 1. The Morgan fingerprint density at radius 1 is 1.24 bits per heavy atom. The maximum Gasteiger partial charge on any atom is 0.360 e. The van der Waals surface area contributed by atoms with E-state index in [9.17, 15) is 14.3 Å². The van der Waals surface area contributed by atoms with Crippen molar-refractivity contribution < 1.29 is 28.5 Å². The first-order valence-electron chi connectivity index (χ1n) is 10.1. The summed E-state index contributed by atoms with van der Waals surface area (Å²) >= 11 is 9.28. The Morgan fingerprint density at radius 2 is 1.97 bits per heavy atom. The number of carbonyl (C=O) groups is 1. The molecule has 0 saturated heterocycles. The van der Waals surface area contributed by atoms with Crippen molar-refractivity contribution in [2.24, 2.45) is 0 Å². The molecule has 0 spiro atoms. The number of benzene rings is 2. The van der Waals surface area contributed by atoms with Crippen LogP contribution in [0.1, 0.15) is 30.7 Å². The van der Waals surface area contributed by atoms with E-state index in [2.05, 4.69) is 20.9 Å². The van der Waals surface area contributed by atoms with Gasteiger partial charge in [-0.15, -0.1) is 0 Å². The summed E-state index contributed by atoms with van der Waals surface area (Å²) in [6.07, 6.45) is 0. The Bertz CT molecular complexity index is 1210. The molecule has 2 unspecified atom stereocenters. The predicted molar refractivity (Wildman–Crippen MR) is 123 cm³/mol. The minimum Gasteiger partial charge on any atom is -0.473 e. The van der Waals surface area contributed by atoms with Crippen LogP contribution in [0.25, 0.3) is 0 Å². The van der Waals surface area contributed by atoms with Crippen molar-refractivity contribution in [3.63, 3.8) is 0 Å². The summed E-state index contributed by atoms with van der Waals surface area (Å²) in [6, 6.07) is 15.3. The first-order chi connectivity index (χ1) is 15.7. The van der Waals surface area contributed by atoms with Crippen molar-refractivity contribution in [1.82, 2.24) is 4.98 Å². The van der Waals surface area contributed by atoms with Gasteiger partial charge < -0.3 is 19.3 Å². The van der Waals surface area contributed by atoms with Crippen molar-refractivity contribution in [3.8, 4) is 11.6 Å². The molecule has 0 aliphatic carbocycles. The SMILES string of the molecule is CCOC(=O)C1(c2cccc(OCc3ccccc3)n2)Oc2cc(F)c(Cl)c(Br)c2C1(C)O. The van der Waals surface area contributed by atoms with Crippen LogP contribution >= 0.6 is 27.5 Å². The van der Waals surface area contributed by atoms with Gasteiger partial charge in [0, 0.05) is 22.2 Å². The van der Waals surface area contributed by atoms with Gasteiger partial charge in [-0.1, -0.05) is 48.0 Å². The minimum atomic E-state index is -2.13. The van der Waals surface area contributed by atoms with Crippen LogP contribution in [0.15, 0.2) is 59.1 Å². The van der Waals surface area contributed by atoms with E-state index in [0.717, 1.165) is 11.6 Å². The van der Waals surface area contributed by atoms with Gasteiger partial charge in [-0.25, -0.2) is 14.2 Å². The van der Waals surface area contributed by atoms with E-state index < -0.39 is 23.0 Å². The molecule has 2 aromatic carbocycles. The third kappa shape index (κ3) is 3.86. The molecule has 0 radical (unpaired) electrons. The molecular formula is C24H20BrClFNO5. The number of hydrogen-bond donors (Lipinski definition) is 1. The number of ether oxygens (including phenoxy) is 3. The largest absolute Gasteiger partial charge is 0.473 e. The summed E-state index contributed by atoms with van der Waals surface area (Å²) in [6.45, 7) is 3.26. The van der Waals surface area contributed by atoms with Gasteiger partial charge in [0.05, 0.1) is 11.6 Å². The van der Waals surface area contributed by atoms with E-state index in [1.54, 1.807) is 19.1 Å². The molecule has 9 heteroatoms. The number of fused-ring (bicyclic) bond motifs is 1. The van der Waals surface area contributed by atoms with Crippen LogP contribution in [0.4, 0.5) is 4.39 Å². The number of hydrogen-bond acceptors (Lipinski definition) is 6. The second-order valence-electron chi connectivity index (χ2n) is 7.57. The summed E-state index contributed by atoms with van der Waals surface area (Å²) in [5.41, 5.74) is -3.07. The van der Waals surface area contributed by atoms with E-state index in [1.807, 2.05) is 30.3 Å². The number of nitrogens with zero attached hydrogens (tertiary/aromatic N) is 1. The van der Waals surface area contributed by atoms with Gasteiger partial charge >= 0.3 is 5.97 Å². The average Bonchev–Trinajstić information content (AvgIpc) is 3.04. The third-order valence-electron chi connectivity index (χ3n) is 5.44.